The molecule has 0 aliphatic carbocycles. The topological polar surface area (TPSA) is 34.1 Å². The number of rotatable bonds is 3. The van der Waals surface area contributed by atoms with Crippen molar-refractivity contribution < 1.29 is 4.74 Å². The van der Waals surface area contributed by atoms with Crippen molar-refractivity contribution >= 4 is 21.6 Å². The van der Waals surface area contributed by atoms with Gasteiger partial charge in [-0.05, 0) is 44.0 Å². The second kappa shape index (κ2) is 5.02. The van der Waals surface area contributed by atoms with Crippen LogP contribution in [0.25, 0.3) is 10.2 Å². The zero-order valence-corrected chi connectivity index (χ0v) is 10.5. The number of benzene rings is 1. The van der Waals surface area contributed by atoms with E-state index in [2.05, 4.69) is 16.4 Å². The molecule has 2 heterocycles. The Kier molecular flexibility index (Phi) is 3.25. The molecule has 0 radical (unpaired) electrons. The highest BCUT2D eigenvalue weighted by molar-refractivity contribution is 7.16. The van der Waals surface area contributed by atoms with Crippen LogP contribution in [0.3, 0.4) is 0 Å². The van der Waals surface area contributed by atoms with Gasteiger partial charge in [-0.2, -0.15) is 0 Å². The van der Waals surface area contributed by atoms with Crippen LogP contribution in [-0.2, 0) is 0 Å². The largest absolute Gasteiger partial charge is 0.491 e. The Balaban J connectivity index is 1.69. The second-order valence-electron chi connectivity index (χ2n) is 4.46. The van der Waals surface area contributed by atoms with Crippen molar-refractivity contribution in [3.8, 4) is 5.75 Å². The molecule has 3 nitrogen and oxygen atoms in total. The first kappa shape index (κ1) is 11.0. The molecule has 1 aliphatic heterocycles. The minimum atomic E-state index is 0.685. The van der Waals surface area contributed by atoms with Crippen molar-refractivity contribution in [2.75, 3.05) is 19.7 Å². The zero-order chi connectivity index (χ0) is 11.5. The van der Waals surface area contributed by atoms with Crippen LogP contribution in [0.4, 0.5) is 0 Å². The molecule has 2 aromatic rings. The van der Waals surface area contributed by atoms with Gasteiger partial charge in [0.25, 0.3) is 0 Å². The monoisotopic (exact) mass is 248 g/mol. The molecule has 0 bridgehead atoms. The summed E-state index contributed by atoms with van der Waals surface area (Å²) in [6.07, 6.45) is 2.43. The summed E-state index contributed by atoms with van der Waals surface area (Å²) in [6, 6.07) is 6.14. The molecule has 1 aromatic heterocycles. The van der Waals surface area contributed by atoms with Gasteiger partial charge in [0.2, 0.25) is 0 Å². The Morgan fingerprint density at radius 2 is 2.24 bits per heavy atom. The average molecular weight is 248 g/mol. The molecular weight excluding hydrogens is 232 g/mol. The van der Waals surface area contributed by atoms with Gasteiger partial charge in [0.15, 0.2) is 0 Å². The van der Waals surface area contributed by atoms with Crippen molar-refractivity contribution in [1.29, 1.82) is 0 Å². The van der Waals surface area contributed by atoms with Gasteiger partial charge in [-0.25, -0.2) is 4.98 Å². The standard InChI is InChI=1S/C13H16N2OS/c1-2-11(13-12(3-1)17-9-15-13)16-8-10-4-6-14-7-5-10/h1-3,9-10,14H,4-8H2. The second-order valence-corrected chi connectivity index (χ2v) is 5.35. The molecule has 1 N–H and O–H groups in total. The molecule has 90 valence electrons. The van der Waals surface area contributed by atoms with Gasteiger partial charge < -0.3 is 10.1 Å². The van der Waals surface area contributed by atoms with E-state index in [9.17, 15) is 0 Å². The minimum Gasteiger partial charge on any atom is -0.491 e. The van der Waals surface area contributed by atoms with Crippen LogP contribution in [0.15, 0.2) is 23.7 Å². The van der Waals surface area contributed by atoms with Crippen LogP contribution in [0.1, 0.15) is 12.8 Å². The highest BCUT2D eigenvalue weighted by Crippen LogP contribution is 2.27. The maximum atomic E-state index is 5.93. The van der Waals surface area contributed by atoms with Crippen LogP contribution >= 0.6 is 11.3 Å². The number of piperidine rings is 1. The normalized spacial score (nSPS) is 17.4. The number of thiazole rings is 1. The van der Waals surface area contributed by atoms with Gasteiger partial charge in [-0.3, -0.25) is 0 Å². The maximum absolute atomic E-state index is 5.93. The van der Waals surface area contributed by atoms with E-state index < -0.39 is 0 Å². The lowest BCUT2D eigenvalue weighted by molar-refractivity contribution is 0.217. The highest BCUT2D eigenvalue weighted by atomic mass is 32.1. The van der Waals surface area contributed by atoms with Crippen molar-refractivity contribution in [3.05, 3.63) is 23.7 Å². The van der Waals surface area contributed by atoms with Gasteiger partial charge in [-0.15, -0.1) is 11.3 Å². The number of nitrogens with one attached hydrogen (secondary N) is 1. The average Bonchev–Trinajstić information content (AvgIpc) is 2.86. The van der Waals surface area contributed by atoms with Gasteiger partial charge in [0.1, 0.15) is 11.3 Å². The van der Waals surface area contributed by atoms with Crippen LogP contribution in [0.2, 0.25) is 0 Å². The van der Waals surface area contributed by atoms with Gasteiger partial charge >= 0.3 is 0 Å². The summed E-state index contributed by atoms with van der Waals surface area (Å²) in [5.41, 5.74) is 2.88. The van der Waals surface area contributed by atoms with Crippen molar-refractivity contribution in [3.63, 3.8) is 0 Å². The molecule has 1 saturated heterocycles. The molecule has 17 heavy (non-hydrogen) atoms. The number of hydrogen-bond acceptors (Lipinski definition) is 4. The van der Waals surface area contributed by atoms with Gasteiger partial charge in [0, 0.05) is 0 Å². The first-order chi connectivity index (χ1) is 8.43. The van der Waals surface area contributed by atoms with Gasteiger partial charge in [0.05, 0.1) is 16.8 Å². The molecule has 1 aliphatic rings. The Bertz CT molecular complexity index is 491. The molecule has 3 rings (SSSR count). The number of para-hydroxylation sites is 1. The fraction of sp³-hybridized carbons (Fsp3) is 0.462. The van der Waals surface area contributed by atoms with Crippen molar-refractivity contribution in [2.24, 2.45) is 5.92 Å². The number of fused-ring (bicyclic) bond motifs is 1. The number of nitrogens with zero attached hydrogens (tertiary/aromatic N) is 1. The molecular formula is C13H16N2OS. The molecule has 0 atom stereocenters. The fourth-order valence-corrected chi connectivity index (χ4v) is 2.93. The Labute approximate surface area is 105 Å². The van der Waals surface area contributed by atoms with Crippen LogP contribution in [-0.4, -0.2) is 24.7 Å². The van der Waals surface area contributed by atoms with Crippen LogP contribution in [0, 0.1) is 5.92 Å². The number of aromatic nitrogens is 1. The van der Waals surface area contributed by atoms with E-state index in [0.717, 1.165) is 31.0 Å². The van der Waals surface area contributed by atoms with Crippen LogP contribution in [0.5, 0.6) is 5.75 Å². The van der Waals surface area contributed by atoms with Gasteiger partial charge in [-0.1, -0.05) is 6.07 Å². The summed E-state index contributed by atoms with van der Waals surface area (Å²) < 4.78 is 7.14. The predicted octanol–water partition coefficient (Wildman–Crippen LogP) is 2.67. The van der Waals surface area contributed by atoms with E-state index in [4.69, 9.17) is 4.74 Å². The summed E-state index contributed by atoms with van der Waals surface area (Å²) in [7, 11) is 0. The predicted molar refractivity (Wildman–Crippen MR) is 70.7 cm³/mol. The van der Waals surface area contributed by atoms with E-state index in [-0.39, 0.29) is 0 Å². The minimum absolute atomic E-state index is 0.685. The smallest absolute Gasteiger partial charge is 0.146 e. The molecule has 0 saturated carbocycles. The van der Waals surface area contributed by atoms with Crippen LogP contribution < -0.4 is 10.1 Å². The van der Waals surface area contributed by atoms with E-state index in [0.29, 0.717) is 5.92 Å². The summed E-state index contributed by atoms with van der Waals surface area (Å²) >= 11 is 1.66. The molecule has 1 aromatic carbocycles. The Morgan fingerprint density at radius 3 is 3.12 bits per heavy atom. The van der Waals surface area contributed by atoms with E-state index in [1.807, 2.05) is 17.6 Å². The Morgan fingerprint density at radius 1 is 1.35 bits per heavy atom. The van der Waals surface area contributed by atoms with Crippen molar-refractivity contribution in [1.82, 2.24) is 10.3 Å². The number of ether oxygens (including phenoxy) is 1. The molecule has 4 heteroatoms. The summed E-state index contributed by atoms with van der Waals surface area (Å²) in [4.78, 5) is 4.36. The van der Waals surface area contributed by atoms with E-state index in [1.54, 1.807) is 11.3 Å². The number of hydrogen-bond donors (Lipinski definition) is 1. The lowest BCUT2D eigenvalue weighted by Crippen LogP contribution is -2.30. The molecule has 0 amide bonds. The fourth-order valence-electron chi connectivity index (χ4n) is 2.23. The highest BCUT2D eigenvalue weighted by Gasteiger charge is 2.14. The zero-order valence-electron chi connectivity index (χ0n) is 9.69. The molecule has 0 spiro atoms. The van der Waals surface area contributed by atoms with E-state index in [1.165, 1.54) is 17.5 Å². The third kappa shape index (κ3) is 2.42. The summed E-state index contributed by atoms with van der Waals surface area (Å²) in [5.74, 6) is 1.62. The lowest BCUT2D eigenvalue weighted by Gasteiger charge is -2.22. The summed E-state index contributed by atoms with van der Waals surface area (Å²) in [6.45, 7) is 3.06. The first-order valence-electron chi connectivity index (χ1n) is 6.09. The first-order valence-corrected chi connectivity index (χ1v) is 6.97. The molecule has 0 unspecified atom stereocenters. The third-order valence-corrected chi connectivity index (χ3v) is 4.05. The summed E-state index contributed by atoms with van der Waals surface area (Å²) in [5, 5.41) is 3.37. The SMILES string of the molecule is c1cc(OCC2CCNCC2)c2ncsc2c1. The maximum Gasteiger partial charge on any atom is 0.146 e. The Hall–Kier alpha value is -1.13. The third-order valence-electron chi connectivity index (χ3n) is 3.26. The quantitative estimate of drug-likeness (QED) is 0.906. The lowest BCUT2D eigenvalue weighted by atomic mass is 9.99. The van der Waals surface area contributed by atoms with Crippen molar-refractivity contribution in [2.45, 2.75) is 12.8 Å². The molecule has 1 fully saturated rings. The van der Waals surface area contributed by atoms with E-state index >= 15 is 0 Å².